The third kappa shape index (κ3) is 4.12. The zero-order valence-electron chi connectivity index (χ0n) is 15.7. The van der Waals surface area contributed by atoms with E-state index in [1.165, 1.54) is 11.1 Å². The van der Waals surface area contributed by atoms with Crippen LogP contribution in [0.25, 0.3) is 0 Å². The largest absolute Gasteiger partial charge is 0.293 e. The van der Waals surface area contributed by atoms with Crippen LogP contribution in [0.3, 0.4) is 0 Å². The molecule has 1 aliphatic heterocycles. The summed E-state index contributed by atoms with van der Waals surface area (Å²) in [5.74, 6) is 0.688. The van der Waals surface area contributed by atoms with Crippen LogP contribution in [0.2, 0.25) is 0 Å². The van der Waals surface area contributed by atoms with Crippen molar-refractivity contribution in [2.45, 2.75) is 56.8 Å². The molecule has 2 aromatic rings. The standard InChI is InChI=1S/C18H27N5O2S/c1-14(2)17(22-11-5-4-6-12-22)18-19-20-21-23(18)13-26(24,25)16-9-7-15(3)8-10-16/h7-10,14,17H,4-6,11-13H2,1-3H3. The summed E-state index contributed by atoms with van der Waals surface area (Å²) < 4.78 is 27.1. The molecule has 1 aromatic carbocycles. The van der Waals surface area contributed by atoms with Crippen LogP contribution in [0.1, 0.15) is 50.5 Å². The molecule has 0 bridgehead atoms. The molecule has 3 rings (SSSR count). The maximum Gasteiger partial charge on any atom is 0.198 e. The summed E-state index contributed by atoms with van der Waals surface area (Å²) in [6.45, 7) is 8.20. The number of aromatic nitrogens is 4. The summed E-state index contributed by atoms with van der Waals surface area (Å²) in [6.07, 6.45) is 3.56. The molecule has 0 aliphatic carbocycles. The van der Waals surface area contributed by atoms with Gasteiger partial charge < -0.3 is 0 Å². The van der Waals surface area contributed by atoms with Crippen molar-refractivity contribution in [2.24, 2.45) is 5.92 Å². The molecule has 1 aromatic heterocycles. The zero-order valence-corrected chi connectivity index (χ0v) is 16.5. The Hall–Kier alpha value is -1.80. The minimum absolute atomic E-state index is 0.0264. The predicted octanol–water partition coefficient (Wildman–Crippen LogP) is 2.60. The Balaban J connectivity index is 1.88. The Morgan fingerprint density at radius 3 is 2.35 bits per heavy atom. The van der Waals surface area contributed by atoms with Crippen molar-refractivity contribution in [1.29, 1.82) is 0 Å². The number of rotatable bonds is 6. The lowest BCUT2D eigenvalue weighted by Crippen LogP contribution is -2.38. The van der Waals surface area contributed by atoms with Gasteiger partial charge >= 0.3 is 0 Å². The van der Waals surface area contributed by atoms with Gasteiger partial charge in [0.15, 0.2) is 21.5 Å². The highest BCUT2D eigenvalue weighted by Gasteiger charge is 2.31. The SMILES string of the molecule is Cc1ccc(S(=O)(=O)Cn2nnnc2C(C(C)C)N2CCCCC2)cc1. The second-order valence-electron chi connectivity index (χ2n) is 7.38. The lowest BCUT2D eigenvalue weighted by molar-refractivity contribution is 0.119. The van der Waals surface area contributed by atoms with Crippen LogP contribution in [0, 0.1) is 12.8 Å². The summed E-state index contributed by atoms with van der Waals surface area (Å²) in [4.78, 5) is 2.68. The van der Waals surface area contributed by atoms with Gasteiger partial charge in [-0.15, -0.1) is 5.10 Å². The molecule has 1 fully saturated rings. The fourth-order valence-electron chi connectivity index (χ4n) is 3.58. The van der Waals surface area contributed by atoms with E-state index in [1.807, 2.05) is 6.92 Å². The van der Waals surface area contributed by atoms with E-state index in [9.17, 15) is 8.42 Å². The average molecular weight is 378 g/mol. The van der Waals surface area contributed by atoms with E-state index < -0.39 is 9.84 Å². The number of sulfone groups is 1. The Morgan fingerprint density at radius 2 is 1.73 bits per heavy atom. The molecular weight excluding hydrogens is 350 g/mol. The van der Waals surface area contributed by atoms with Crippen LogP contribution < -0.4 is 0 Å². The third-order valence-corrected chi connectivity index (χ3v) is 6.49. The minimum atomic E-state index is -3.51. The van der Waals surface area contributed by atoms with Crippen LogP contribution >= 0.6 is 0 Å². The second-order valence-corrected chi connectivity index (χ2v) is 9.34. The summed E-state index contributed by atoms with van der Waals surface area (Å²) in [6, 6.07) is 6.91. The predicted molar refractivity (Wildman–Crippen MR) is 99.2 cm³/mol. The van der Waals surface area contributed by atoms with Gasteiger partial charge in [-0.25, -0.2) is 13.1 Å². The van der Waals surface area contributed by atoms with E-state index in [1.54, 1.807) is 24.3 Å². The van der Waals surface area contributed by atoms with Crippen LogP contribution in [0.4, 0.5) is 0 Å². The van der Waals surface area contributed by atoms with E-state index in [0.29, 0.717) is 16.6 Å². The molecular formula is C18H27N5O2S. The molecule has 1 aliphatic rings. The number of tetrazole rings is 1. The van der Waals surface area contributed by atoms with Gasteiger partial charge in [0.2, 0.25) is 0 Å². The normalized spacial score (nSPS) is 17.5. The maximum atomic E-state index is 12.8. The van der Waals surface area contributed by atoms with Crippen molar-refractivity contribution in [3.05, 3.63) is 35.7 Å². The number of benzene rings is 1. The van der Waals surface area contributed by atoms with Gasteiger partial charge in [0.1, 0.15) is 0 Å². The number of hydrogen-bond acceptors (Lipinski definition) is 6. The fourth-order valence-corrected chi connectivity index (χ4v) is 4.78. The summed E-state index contributed by atoms with van der Waals surface area (Å²) >= 11 is 0. The molecule has 0 saturated carbocycles. The first-order chi connectivity index (χ1) is 12.4. The number of piperidine rings is 1. The summed E-state index contributed by atoms with van der Waals surface area (Å²) in [5, 5.41) is 12.0. The number of nitrogens with zero attached hydrogens (tertiary/aromatic N) is 5. The first-order valence-corrected chi connectivity index (χ1v) is 10.8. The minimum Gasteiger partial charge on any atom is -0.293 e. The average Bonchev–Trinajstić information content (AvgIpc) is 3.03. The zero-order chi connectivity index (χ0) is 18.7. The Bertz CT molecular complexity index is 824. The van der Waals surface area contributed by atoms with Crippen molar-refractivity contribution in [3.8, 4) is 0 Å². The highest BCUT2D eigenvalue weighted by atomic mass is 32.2. The lowest BCUT2D eigenvalue weighted by Gasteiger charge is -2.35. The molecule has 7 nitrogen and oxygen atoms in total. The van der Waals surface area contributed by atoms with Crippen molar-refractivity contribution < 1.29 is 8.42 Å². The molecule has 0 amide bonds. The lowest BCUT2D eigenvalue weighted by atomic mass is 9.98. The molecule has 1 unspecified atom stereocenters. The Labute approximate surface area is 155 Å². The smallest absolute Gasteiger partial charge is 0.198 e. The first kappa shape index (κ1) is 19.0. The van der Waals surface area contributed by atoms with Crippen LogP contribution in [0.5, 0.6) is 0 Å². The maximum absolute atomic E-state index is 12.8. The third-order valence-electron chi connectivity index (χ3n) is 4.91. The van der Waals surface area contributed by atoms with Crippen LogP contribution in [0.15, 0.2) is 29.2 Å². The highest BCUT2D eigenvalue weighted by Crippen LogP contribution is 2.30. The van der Waals surface area contributed by atoms with Gasteiger partial charge in [-0.1, -0.05) is 38.0 Å². The molecule has 2 heterocycles. The topological polar surface area (TPSA) is 81.0 Å². The highest BCUT2D eigenvalue weighted by molar-refractivity contribution is 7.90. The van der Waals surface area contributed by atoms with Crippen molar-refractivity contribution >= 4 is 9.84 Å². The van der Waals surface area contributed by atoms with Gasteiger partial charge in [0, 0.05) is 0 Å². The van der Waals surface area contributed by atoms with Gasteiger partial charge in [0.05, 0.1) is 10.9 Å². The van der Waals surface area contributed by atoms with Crippen LogP contribution in [-0.4, -0.2) is 46.6 Å². The Morgan fingerprint density at radius 1 is 1.08 bits per heavy atom. The number of aryl methyl sites for hydroxylation is 1. The van der Waals surface area contributed by atoms with Gasteiger partial charge in [0.25, 0.3) is 0 Å². The van der Waals surface area contributed by atoms with E-state index in [2.05, 4.69) is 34.3 Å². The molecule has 26 heavy (non-hydrogen) atoms. The van der Waals surface area contributed by atoms with E-state index >= 15 is 0 Å². The Kier molecular flexibility index (Phi) is 5.72. The van der Waals surface area contributed by atoms with Crippen molar-refractivity contribution in [2.75, 3.05) is 13.1 Å². The van der Waals surface area contributed by atoms with E-state index in [-0.39, 0.29) is 11.9 Å². The fraction of sp³-hybridized carbons (Fsp3) is 0.611. The van der Waals surface area contributed by atoms with Gasteiger partial charge in [-0.05, 0) is 61.3 Å². The van der Waals surface area contributed by atoms with Crippen molar-refractivity contribution in [1.82, 2.24) is 25.1 Å². The van der Waals surface area contributed by atoms with Gasteiger partial charge in [-0.2, -0.15) is 0 Å². The van der Waals surface area contributed by atoms with Crippen molar-refractivity contribution in [3.63, 3.8) is 0 Å². The second kappa shape index (κ2) is 7.84. The first-order valence-electron chi connectivity index (χ1n) is 9.18. The number of likely N-dealkylation sites (tertiary alicyclic amines) is 1. The van der Waals surface area contributed by atoms with E-state index in [4.69, 9.17) is 0 Å². The molecule has 0 N–H and O–H groups in total. The molecule has 8 heteroatoms. The summed E-state index contributed by atoms with van der Waals surface area (Å²) in [7, 11) is -3.51. The molecule has 1 atom stereocenters. The summed E-state index contributed by atoms with van der Waals surface area (Å²) in [5.41, 5.74) is 1.03. The number of hydrogen-bond donors (Lipinski definition) is 0. The quantitative estimate of drug-likeness (QED) is 0.770. The van der Waals surface area contributed by atoms with Gasteiger partial charge in [-0.3, -0.25) is 4.90 Å². The molecule has 1 saturated heterocycles. The van der Waals surface area contributed by atoms with E-state index in [0.717, 1.165) is 31.5 Å². The molecule has 0 spiro atoms. The molecule has 0 radical (unpaired) electrons. The monoisotopic (exact) mass is 377 g/mol. The van der Waals surface area contributed by atoms with Crippen LogP contribution in [-0.2, 0) is 15.7 Å². The molecule has 142 valence electrons.